The molecule has 1 aromatic rings. The van der Waals surface area contributed by atoms with Crippen LogP contribution in [0.2, 0.25) is 0 Å². The molecule has 2 N–H and O–H groups in total. The Hall–Kier alpha value is -2.81. The molecule has 3 atom stereocenters. The zero-order valence-corrected chi connectivity index (χ0v) is 20.2. The maximum absolute atomic E-state index is 13.6. The molecule has 0 saturated heterocycles. The van der Waals surface area contributed by atoms with Crippen LogP contribution in [0, 0.1) is 11.8 Å². The third kappa shape index (κ3) is 4.01. The van der Waals surface area contributed by atoms with Crippen molar-refractivity contribution < 1.29 is 33.7 Å². The number of Topliss-reactive ketones (excluding diaryl/α,β-unsaturated/α-hetero) is 1. The molecule has 1 aliphatic heterocycles. The summed E-state index contributed by atoms with van der Waals surface area (Å²) in [4.78, 5) is 39.0. The van der Waals surface area contributed by atoms with E-state index in [0.717, 1.165) is 0 Å². The number of allylic oxidation sites excluding steroid dienone is 3. The van der Waals surface area contributed by atoms with E-state index in [1.165, 1.54) is 14.2 Å². The van der Waals surface area contributed by atoms with Gasteiger partial charge in [-0.1, -0.05) is 6.92 Å². The zero-order chi connectivity index (χ0) is 23.7. The van der Waals surface area contributed by atoms with E-state index in [-0.39, 0.29) is 29.6 Å². The Labute approximate surface area is 194 Å². The minimum atomic E-state index is -0.979. The lowest BCUT2D eigenvalue weighted by Crippen LogP contribution is -2.43. The summed E-state index contributed by atoms with van der Waals surface area (Å²) in [5.41, 5.74) is 2.33. The Kier molecular flexibility index (Phi) is 6.97. The van der Waals surface area contributed by atoms with Crippen LogP contribution >= 0.6 is 15.9 Å². The lowest BCUT2D eigenvalue weighted by Gasteiger charge is -2.38. The first-order valence-electron chi connectivity index (χ1n) is 10.2. The molecule has 0 amide bonds. The van der Waals surface area contributed by atoms with Crippen LogP contribution in [0.1, 0.15) is 38.7 Å². The van der Waals surface area contributed by atoms with Crippen molar-refractivity contribution >= 4 is 33.7 Å². The molecule has 1 heterocycles. The summed E-state index contributed by atoms with van der Waals surface area (Å²) >= 11 is 3.31. The van der Waals surface area contributed by atoms with Gasteiger partial charge in [0.2, 0.25) is 0 Å². The topological polar surface area (TPSA) is 111 Å². The van der Waals surface area contributed by atoms with Crippen molar-refractivity contribution in [1.29, 1.82) is 0 Å². The predicted octanol–water partition coefficient (Wildman–Crippen LogP) is 3.34. The number of benzene rings is 1. The lowest BCUT2D eigenvalue weighted by atomic mass is 9.69. The highest BCUT2D eigenvalue weighted by molar-refractivity contribution is 9.10. The average molecular weight is 508 g/mol. The summed E-state index contributed by atoms with van der Waals surface area (Å²) in [6, 6.07) is 3.20. The number of nitrogens with one attached hydrogen (secondary N) is 1. The molecule has 0 aromatic heterocycles. The summed E-state index contributed by atoms with van der Waals surface area (Å²) in [7, 11) is 2.66. The quantitative estimate of drug-likeness (QED) is 0.461. The monoisotopic (exact) mass is 507 g/mol. The maximum Gasteiger partial charge on any atom is 0.336 e. The van der Waals surface area contributed by atoms with Gasteiger partial charge in [0.25, 0.3) is 0 Å². The molecule has 172 valence electrons. The van der Waals surface area contributed by atoms with Gasteiger partial charge in [0, 0.05) is 22.9 Å². The van der Waals surface area contributed by atoms with E-state index >= 15 is 0 Å². The minimum absolute atomic E-state index is 0.103. The Morgan fingerprint density at radius 3 is 2.56 bits per heavy atom. The zero-order valence-electron chi connectivity index (χ0n) is 18.6. The van der Waals surface area contributed by atoms with E-state index in [1.807, 2.05) is 6.92 Å². The number of rotatable bonds is 5. The molecule has 3 rings (SSSR count). The molecule has 9 heteroatoms. The number of phenolic OH excluding ortho intramolecular Hbond substituents is 1. The number of ether oxygens (including phenoxy) is 3. The molecule has 0 saturated carbocycles. The number of carbonyl (C=O) groups excluding carboxylic acids is 3. The van der Waals surface area contributed by atoms with Gasteiger partial charge in [0.1, 0.15) is 5.92 Å². The molecule has 1 aliphatic carbocycles. The summed E-state index contributed by atoms with van der Waals surface area (Å²) < 4.78 is 15.8. The van der Waals surface area contributed by atoms with Crippen LogP contribution in [-0.2, 0) is 23.9 Å². The first-order chi connectivity index (χ1) is 15.2. The second-order valence-electron chi connectivity index (χ2n) is 7.81. The van der Waals surface area contributed by atoms with Crippen LogP contribution in [0.25, 0.3) is 0 Å². The van der Waals surface area contributed by atoms with E-state index in [9.17, 15) is 19.5 Å². The van der Waals surface area contributed by atoms with Gasteiger partial charge in [-0.15, -0.1) is 0 Å². The van der Waals surface area contributed by atoms with Crippen molar-refractivity contribution in [2.45, 2.75) is 33.1 Å². The van der Waals surface area contributed by atoms with E-state index in [2.05, 4.69) is 21.2 Å². The second kappa shape index (κ2) is 9.36. The van der Waals surface area contributed by atoms with Gasteiger partial charge in [-0.2, -0.15) is 0 Å². The van der Waals surface area contributed by atoms with E-state index in [1.54, 1.807) is 26.0 Å². The fourth-order valence-electron chi connectivity index (χ4n) is 4.41. The Balaban J connectivity index is 2.26. The number of halogens is 1. The predicted molar refractivity (Wildman–Crippen MR) is 119 cm³/mol. The SMILES string of the molecule is CCOC(=O)C1=C(C)NC2=C(C(=O)[C@@H](C(=O)OC)[C@H](C)C2)[C@H]1c1cc(Br)c(O)c(OC)c1. The largest absolute Gasteiger partial charge is 0.503 e. The first-order valence-corrected chi connectivity index (χ1v) is 11.0. The standard InChI is InChI=1S/C23H26BrNO7/c1-6-32-23(29)17-11(3)25-14-7-10(2)16(22(28)31-5)21(27)19(14)18(17)12-8-13(24)20(26)15(9-12)30-4/h8-10,16,18,25-26H,6-7H2,1-5H3/t10-,16+,18+/m1/s1. The average Bonchev–Trinajstić information content (AvgIpc) is 2.74. The molecular formula is C23H26BrNO7. The highest BCUT2D eigenvalue weighted by Crippen LogP contribution is 2.48. The van der Waals surface area contributed by atoms with Gasteiger partial charge < -0.3 is 24.6 Å². The van der Waals surface area contributed by atoms with Gasteiger partial charge in [-0.25, -0.2) is 4.79 Å². The van der Waals surface area contributed by atoms with Crippen molar-refractivity contribution in [1.82, 2.24) is 5.32 Å². The third-order valence-corrected chi connectivity index (χ3v) is 6.45. The number of phenols is 1. The molecule has 0 unspecified atom stereocenters. The normalized spacial score (nSPS) is 22.8. The van der Waals surface area contributed by atoms with Crippen molar-refractivity contribution in [3.05, 3.63) is 44.7 Å². The van der Waals surface area contributed by atoms with Gasteiger partial charge >= 0.3 is 11.9 Å². The molecule has 8 nitrogen and oxygen atoms in total. The molecule has 2 aliphatic rings. The van der Waals surface area contributed by atoms with Crippen LogP contribution in [0.4, 0.5) is 0 Å². The van der Waals surface area contributed by atoms with Crippen molar-refractivity contribution in [2.24, 2.45) is 11.8 Å². The van der Waals surface area contributed by atoms with Gasteiger partial charge in [0.05, 0.1) is 30.9 Å². The summed E-state index contributed by atoms with van der Waals surface area (Å²) in [6.07, 6.45) is 0.432. The summed E-state index contributed by atoms with van der Waals surface area (Å²) in [6.45, 7) is 5.43. The van der Waals surface area contributed by atoms with Gasteiger partial charge in [0.15, 0.2) is 17.3 Å². The Morgan fingerprint density at radius 1 is 1.28 bits per heavy atom. The first kappa shape index (κ1) is 23.8. The number of ketones is 1. The molecule has 0 bridgehead atoms. The fourth-order valence-corrected chi connectivity index (χ4v) is 4.87. The van der Waals surface area contributed by atoms with Crippen LogP contribution in [-0.4, -0.2) is 43.7 Å². The van der Waals surface area contributed by atoms with Crippen molar-refractivity contribution in [3.8, 4) is 11.5 Å². The number of esters is 2. The minimum Gasteiger partial charge on any atom is -0.503 e. The van der Waals surface area contributed by atoms with Crippen LogP contribution in [0.5, 0.6) is 11.5 Å². The maximum atomic E-state index is 13.6. The molecule has 32 heavy (non-hydrogen) atoms. The van der Waals surface area contributed by atoms with Crippen LogP contribution in [0.15, 0.2) is 39.1 Å². The smallest absolute Gasteiger partial charge is 0.336 e. The fraction of sp³-hybridized carbons (Fsp3) is 0.435. The Bertz CT molecular complexity index is 1040. The number of aromatic hydroxyl groups is 1. The lowest BCUT2D eigenvalue weighted by molar-refractivity contribution is -0.151. The molecule has 1 aromatic carbocycles. The number of methoxy groups -OCH3 is 2. The highest BCUT2D eigenvalue weighted by atomic mass is 79.9. The molecular weight excluding hydrogens is 482 g/mol. The van der Waals surface area contributed by atoms with E-state index in [4.69, 9.17) is 14.2 Å². The van der Waals surface area contributed by atoms with Crippen molar-refractivity contribution in [3.63, 3.8) is 0 Å². The number of hydrogen-bond acceptors (Lipinski definition) is 8. The van der Waals surface area contributed by atoms with E-state index in [0.29, 0.717) is 33.4 Å². The van der Waals surface area contributed by atoms with Crippen LogP contribution < -0.4 is 10.1 Å². The molecule has 0 radical (unpaired) electrons. The third-order valence-electron chi connectivity index (χ3n) is 5.84. The summed E-state index contributed by atoms with van der Waals surface area (Å²) in [5.74, 6) is -3.58. The number of hydrogen-bond donors (Lipinski definition) is 2. The van der Waals surface area contributed by atoms with Crippen molar-refractivity contribution in [2.75, 3.05) is 20.8 Å². The van der Waals surface area contributed by atoms with E-state index < -0.39 is 29.6 Å². The van der Waals surface area contributed by atoms with Gasteiger partial charge in [-0.05, 0) is 59.8 Å². The second-order valence-corrected chi connectivity index (χ2v) is 8.66. The Morgan fingerprint density at radius 2 is 1.97 bits per heavy atom. The number of carbonyl (C=O) groups is 3. The molecule has 0 fully saturated rings. The van der Waals surface area contributed by atoms with Crippen LogP contribution in [0.3, 0.4) is 0 Å². The van der Waals surface area contributed by atoms with Gasteiger partial charge in [-0.3, -0.25) is 9.59 Å². The molecule has 0 spiro atoms. The highest BCUT2D eigenvalue weighted by Gasteiger charge is 2.47. The summed E-state index contributed by atoms with van der Waals surface area (Å²) in [5, 5.41) is 13.5. The number of dihydropyridines is 1.